The Labute approximate surface area is 286 Å². The van der Waals surface area contributed by atoms with Crippen LogP contribution < -0.4 is 5.32 Å². The first-order valence-electron chi connectivity index (χ1n) is 15.8. The largest absolute Gasteiger partial charge is 0.461 e. The Hall–Kier alpha value is -5.06. The molecule has 0 spiro atoms. The number of thiophene rings is 1. The fourth-order valence-corrected chi connectivity index (χ4v) is 7.21. The zero-order valence-corrected chi connectivity index (χ0v) is 28.0. The zero-order chi connectivity index (χ0) is 33.2. The maximum Gasteiger partial charge on any atom is 0.306 e. The average molecular weight is 677 g/mol. The zero-order valence-electron chi connectivity index (χ0n) is 26.4. The van der Waals surface area contributed by atoms with Gasteiger partial charge in [0.1, 0.15) is 23.8 Å². The van der Waals surface area contributed by atoms with Crippen molar-refractivity contribution in [3.8, 4) is 5.00 Å². The maximum atomic E-state index is 13.8. The number of aliphatic imine (C=N–C) groups is 1. The van der Waals surface area contributed by atoms with Gasteiger partial charge in [-0.15, -0.1) is 21.5 Å². The molecule has 3 aromatic carbocycles. The van der Waals surface area contributed by atoms with E-state index in [2.05, 4.69) is 40.4 Å². The van der Waals surface area contributed by atoms with Crippen LogP contribution in [0.1, 0.15) is 82.4 Å². The van der Waals surface area contributed by atoms with Gasteiger partial charge in [0.25, 0.3) is 5.91 Å². The first-order chi connectivity index (χ1) is 23.4. The van der Waals surface area contributed by atoms with Crippen molar-refractivity contribution in [1.29, 1.82) is 0 Å². The van der Waals surface area contributed by atoms with E-state index in [4.69, 9.17) is 21.3 Å². The molecule has 4 heterocycles. The van der Waals surface area contributed by atoms with Crippen LogP contribution in [0.5, 0.6) is 0 Å². The van der Waals surface area contributed by atoms with Crippen molar-refractivity contribution in [2.75, 3.05) is 0 Å². The Morgan fingerprint density at radius 3 is 2.54 bits per heavy atom. The number of aromatic amines is 1. The van der Waals surface area contributed by atoms with Crippen LogP contribution in [0, 0.1) is 0 Å². The van der Waals surface area contributed by atoms with Crippen molar-refractivity contribution in [3.63, 3.8) is 0 Å². The summed E-state index contributed by atoms with van der Waals surface area (Å²) >= 11 is 8.32. The van der Waals surface area contributed by atoms with Crippen molar-refractivity contribution in [2.24, 2.45) is 4.99 Å². The van der Waals surface area contributed by atoms with Crippen LogP contribution in [0.3, 0.4) is 0 Å². The highest BCUT2D eigenvalue weighted by Crippen LogP contribution is 2.38. The second kappa shape index (κ2) is 13.6. The predicted octanol–water partition coefficient (Wildman–Crippen LogP) is 7.93. The van der Waals surface area contributed by atoms with Gasteiger partial charge in [-0.3, -0.25) is 19.1 Å². The smallest absolute Gasteiger partial charge is 0.306 e. The van der Waals surface area contributed by atoms with Gasteiger partial charge in [-0.2, -0.15) is 0 Å². The number of benzene rings is 3. The van der Waals surface area contributed by atoms with Crippen molar-refractivity contribution in [1.82, 2.24) is 25.1 Å². The Morgan fingerprint density at radius 2 is 1.75 bits per heavy atom. The number of esters is 1. The number of hydrogen-bond acceptors (Lipinski definition) is 7. The summed E-state index contributed by atoms with van der Waals surface area (Å²) < 4.78 is 7.58. The van der Waals surface area contributed by atoms with E-state index >= 15 is 0 Å². The van der Waals surface area contributed by atoms with Gasteiger partial charge >= 0.3 is 5.97 Å². The quantitative estimate of drug-likeness (QED) is 0.143. The molecule has 1 aliphatic heterocycles. The lowest BCUT2D eigenvalue weighted by molar-refractivity contribution is -0.145. The normalized spacial score (nSPS) is 13.0. The molecule has 2 N–H and O–H groups in total. The first-order valence-corrected chi connectivity index (χ1v) is 17.0. The monoisotopic (exact) mass is 676 g/mol. The van der Waals surface area contributed by atoms with Crippen LogP contribution in [-0.2, 0) is 22.7 Å². The Bertz CT molecular complexity index is 2120. The average Bonchev–Trinajstić information content (AvgIpc) is 3.82. The number of rotatable bonds is 10. The molecule has 9 nitrogen and oxygen atoms in total. The number of halogens is 1. The topological polar surface area (TPSA) is 114 Å². The lowest BCUT2D eigenvalue weighted by Crippen LogP contribution is -2.31. The molecule has 7 rings (SSSR count). The van der Waals surface area contributed by atoms with E-state index in [1.165, 1.54) is 0 Å². The number of carbonyl (C=O) groups is 2. The van der Waals surface area contributed by atoms with Crippen LogP contribution >= 0.6 is 22.9 Å². The summed E-state index contributed by atoms with van der Waals surface area (Å²) in [5.41, 5.74) is 4.69. The van der Waals surface area contributed by atoms with E-state index in [0.717, 1.165) is 43.2 Å². The molecule has 3 aromatic heterocycles. The van der Waals surface area contributed by atoms with E-state index in [0.29, 0.717) is 22.4 Å². The van der Waals surface area contributed by atoms with E-state index in [-0.39, 0.29) is 43.8 Å². The summed E-state index contributed by atoms with van der Waals surface area (Å²) in [5, 5.41) is 14.8. The highest BCUT2D eigenvalue weighted by molar-refractivity contribution is 7.15. The molecule has 0 saturated heterocycles. The molecule has 6 aromatic rings. The number of hydrogen-bond donors (Lipinski definition) is 2. The SMILES string of the molecule is CC(C)c1cc2c(s1)-n1c(nnc1[C@@H](CCC(=O)OCc1ccccc1)NC(=O)c1cc3ccccc3[nH]1)CN=C2c1ccccc1Cl. The molecule has 0 radical (unpaired) electrons. The van der Waals surface area contributed by atoms with Crippen LogP contribution in [0.25, 0.3) is 15.9 Å². The Balaban J connectivity index is 1.25. The second-order valence-corrected chi connectivity index (χ2v) is 13.4. The maximum absolute atomic E-state index is 13.8. The lowest BCUT2D eigenvalue weighted by Gasteiger charge is -2.19. The summed E-state index contributed by atoms with van der Waals surface area (Å²) in [6.45, 7) is 4.73. The first kappa shape index (κ1) is 31.5. The van der Waals surface area contributed by atoms with Gasteiger partial charge < -0.3 is 15.0 Å². The molecule has 1 aliphatic rings. The van der Waals surface area contributed by atoms with Crippen molar-refractivity contribution in [2.45, 2.75) is 51.8 Å². The molecule has 0 fully saturated rings. The minimum absolute atomic E-state index is 0.0581. The summed E-state index contributed by atoms with van der Waals surface area (Å²) in [6, 6.07) is 28.2. The molecule has 1 amide bonds. The Kier molecular flexibility index (Phi) is 8.92. The summed E-state index contributed by atoms with van der Waals surface area (Å²) in [5.74, 6) is 0.709. The minimum atomic E-state index is -0.672. The summed E-state index contributed by atoms with van der Waals surface area (Å²) in [6.07, 6.45) is 0.302. The third-order valence-corrected chi connectivity index (χ3v) is 10.0. The molecule has 1 atom stereocenters. The summed E-state index contributed by atoms with van der Waals surface area (Å²) in [7, 11) is 0. The fraction of sp³-hybridized carbons (Fsp3) is 0.216. The van der Waals surface area contributed by atoms with Crippen LogP contribution in [0.4, 0.5) is 0 Å². The van der Waals surface area contributed by atoms with E-state index in [9.17, 15) is 9.59 Å². The van der Waals surface area contributed by atoms with E-state index in [1.54, 1.807) is 11.3 Å². The highest BCUT2D eigenvalue weighted by Gasteiger charge is 2.31. The number of carbonyl (C=O) groups excluding carboxylic acids is 2. The molecule has 11 heteroatoms. The van der Waals surface area contributed by atoms with Gasteiger partial charge in [-0.05, 0) is 42.2 Å². The van der Waals surface area contributed by atoms with Gasteiger partial charge in [-0.1, -0.05) is 92.2 Å². The van der Waals surface area contributed by atoms with E-state index < -0.39 is 6.04 Å². The van der Waals surface area contributed by atoms with Crippen molar-refractivity contribution >= 4 is 51.4 Å². The number of H-pyrrole nitrogens is 1. The second-order valence-electron chi connectivity index (χ2n) is 12.0. The van der Waals surface area contributed by atoms with Crippen LogP contribution in [-0.4, -0.2) is 37.3 Å². The van der Waals surface area contributed by atoms with Gasteiger partial charge in [0.15, 0.2) is 11.6 Å². The molecule has 0 unspecified atom stereocenters. The number of para-hydroxylation sites is 1. The molecular weight excluding hydrogens is 644 g/mol. The third-order valence-electron chi connectivity index (χ3n) is 8.29. The van der Waals surface area contributed by atoms with Crippen LogP contribution in [0.15, 0.2) is 96.0 Å². The summed E-state index contributed by atoms with van der Waals surface area (Å²) in [4.78, 5) is 36.1. The number of ether oxygens (including phenoxy) is 1. The molecule has 0 bridgehead atoms. The molecule has 0 saturated carbocycles. The third kappa shape index (κ3) is 6.41. The molecule has 48 heavy (non-hydrogen) atoms. The van der Waals surface area contributed by atoms with Gasteiger partial charge in [0.05, 0.1) is 11.8 Å². The van der Waals surface area contributed by atoms with Gasteiger partial charge in [0.2, 0.25) is 0 Å². The Morgan fingerprint density at radius 1 is 0.979 bits per heavy atom. The van der Waals surface area contributed by atoms with Crippen LogP contribution in [0.2, 0.25) is 5.02 Å². The number of fused-ring (bicyclic) bond motifs is 4. The molecule has 0 aliphatic carbocycles. The van der Waals surface area contributed by atoms with Crippen molar-refractivity contribution < 1.29 is 14.3 Å². The van der Waals surface area contributed by atoms with Gasteiger partial charge in [0, 0.05) is 38.4 Å². The predicted molar refractivity (Wildman–Crippen MR) is 188 cm³/mol. The number of aromatic nitrogens is 4. The van der Waals surface area contributed by atoms with E-state index in [1.807, 2.05) is 89.5 Å². The van der Waals surface area contributed by atoms with Gasteiger partial charge in [-0.25, -0.2) is 0 Å². The standard InChI is InChI=1S/C37H33ClN6O3S/c1-22(2)31-19-26-34(25-13-7-8-14-27(25)38)39-20-32-42-43-35(44(32)37(26)48-31)29(16-17-33(45)47-21-23-10-4-3-5-11-23)41-36(46)30-18-24-12-6-9-15-28(24)40-30/h3-15,18-19,22,29,40H,16-17,20-21H2,1-2H3,(H,41,46)/t29-/m1/s1. The fourth-order valence-electron chi connectivity index (χ4n) is 5.79. The number of amides is 1. The van der Waals surface area contributed by atoms with Crippen molar-refractivity contribution in [3.05, 3.63) is 135 Å². The molecular formula is C37H33ClN6O3S. The minimum Gasteiger partial charge on any atom is -0.461 e. The number of nitrogens with one attached hydrogen (secondary N) is 2. The molecule has 242 valence electrons. The lowest BCUT2D eigenvalue weighted by atomic mass is 10.0. The number of nitrogens with zero attached hydrogens (tertiary/aromatic N) is 4. The highest BCUT2D eigenvalue weighted by atomic mass is 35.5.